The van der Waals surface area contributed by atoms with Crippen LogP contribution in [-0.4, -0.2) is 14.5 Å². The van der Waals surface area contributed by atoms with Gasteiger partial charge in [-0.05, 0) is 81.2 Å². The molecule has 242 valence electrons. The molecule has 0 radical (unpaired) electrons. The fourth-order valence-electron chi connectivity index (χ4n) is 8.82. The molecule has 0 spiro atoms. The SMILES string of the molecule is C1=Cc2c(c3c4cc5ccccc5cc4sc3c3c2c2ccccc2n3-c2nc3c(ccc4ccccc43)nc2-c2ccc3ccccc3c2)CC1. The fourth-order valence-corrected chi connectivity index (χ4v) is 10.1. The second-order valence-electron chi connectivity index (χ2n) is 14.0. The van der Waals surface area contributed by atoms with E-state index in [1.807, 2.05) is 11.3 Å². The Morgan fingerprint density at radius 1 is 0.577 bits per heavy atom. The zero-order valence-corrected chi connectivity index (χ0v) is 28.9. The fraction of sp³-hybridized carbons (Fsp3) is 0.0417. The van der Waals surface area contributed by atoms with Gasteiger partial charge < -0.3 is 0 Å². The molecule has 0 saturated heterocycles. The molecule has 0 N–H and O–H groups in total. The van der Waals surface area contributed by atoms with Crippen LogP contribution < -0.4 is 0 Å². The third-order valence-corrected chi connectivity index (χ3v) is 12.3. The van der Waals surface area contributed by atoms with Crippen molar-refractivity contribution in [2.75, 3.05) is 0 Å². The molecule has 0 atom stereocenters. The second kappa shape index (κ2) is 10.6. The molecule has 12 rings (SSSR count). The van der Waals surface area contributed by atoms with Crippen molar-refractivity contribution in [3.63, 3.8) is 0 Å². The number of hydrogen-bond donors (Lipinski definition) is 0. The van der Waals surface area contributed by atoms with Crippen molar-refractivity contribution in [1.82, 2.24) is 14.5 Å². The summed E-state index contributed by atoms with van der Waals surface area (Å²) in [5, 5.41) is 12.5. The van der Waals surface area contributed by atoms with Crippen LogP contribution in [0.25, 0.3) is 108 Å². The summed E-state index contributed by atoms with van der Waals surface area (Å²) in [4.78, 5) is 11.2. The summed E-state index contributed by atoms with van der Waals surface area (Å²) in [6.07, 6.45) is 6.81. The van der Waals surface area contributed by atoms with Gasteiger partial charge >= 0.3 is 0 Å². The van der Waals surface area contributed by atoms with Crippen LogP contribution >= 0.6 is 11.3 Å². The van der Waals surface area contributed by atoms with E-state index in [1.165, 1.54) is 69.1 Å². The van der Waals surface area contributed by atoms with Crippen LogP contribution in [0.4, 0.5) is 0 Å². The molecule has 4 heteroatoms. The van der Waals surface area contributed by atoms with Gasteiger partial charge in [-0.3, -0.25) is 4.57 Å². The van der Waals surface area contributed by atoms with E-state index in [2.05, 4.69) is 156 Å². The zero-order valence-electron chi connectivity index (χ0n) is 28.1. The Morgan fingerprint density at radius 2 is 1.29 bits per heavy atom. The molecule has 8 aromatic carbocycles. The summed E-state index contributed by atoms with van der Waals surface area (Å²) in [6, 6.07) is 50.5. The molecule has 0 fully saturated rings. The van der Waals surface area contributed by atoms with E-state index in [4.69, 9.17) is 9.97 Å². The summed E-state index contributed by atoms with van der Waals surface area (Å²) in [6.45, 7) is 0. The van der Waals surface area contributed by atoms with Crippen LogP contribution in [0.3, 0.4) is 0 Å². The molecule has 1 aliphatic rings. The Balaban J connectivity index is 1.31. The first-order valence-corrected chi connectivity index (χ1v) is 18.8. The molecule has 0 bridgehead atoms. The van der Waals surface area contributed by atoms with E-state index < -0.39 is 0 Å². The zero-order chi connectivity index (χ0) is 33.9. The molecule has 3 nitrogen and oxygen atoms in total. The highest BCUT2D eigenvalue weighted by molar-refractivity contribution is 7.26. The molecular weight excluding hydrogens is 651 g/mol. The molecule has 0 amide bonds. The number of aryl methyl sites for hydroxylation is 1. The third-order valence-electron chi connectivity index (χ3n) is 11.2. The van der Waals surface area contributed by atoms with E-state index >= 15 is 0 Å². The van der Waals surface area contributed by atoms with Gasteiger partial charge in [-0.2, -0.15) is 0 Å². The smallest absolute Gasteiger partial charge is 0.165 e. The summed E-state index contributed by atoms with van der Waals surface area (Å²) in [5.41, 5.74) is 8.89. The van der Waals surface area contributed by atoms with Gasteiger partial charge in [0.15, 0.2) is 5.82 Å². The van der Waals surface area contributed by atoms with E-state index in [1.54, 1.807) is 0 Å². The first-order valence-electron chi connectivity index (χ1n) is 18.0. The predicted octanol–water partition coefficient (Wildman–Crippen LogP) is 13.2. The first-order chi connectivity index (χ1) is 25.8. The predicted molar refractivity (Wildman–Crippen MR) is 222 cm³/mol. The van der Waals surface area contributed by atoms with E-state index in [-0.39, 0.29) is 0 Å². The Labute approximate surface area is 302 Å². The van der Waals surface area contributed by atoms with Crippen molar-refractivity contribution >= 4 is 103 Å². The summed E-state index contributed by atoms with van der Waals surface area (Å²) in [7, 11) is 0. The lowest BCUT2D eigenvalue weighted by Gasteiger charge is -2.17. The molecule has 3 aromatic heterocycles. The van der Waals surface area contributed by atoms with Crippen molar-refractivity contribution in [2.45, 2.75) is 12.8 Å². The van der Waals surface area contributed by atoms with Gasteiger partial charge in [0.1, 0.15) is 5.69 Å². The molecular formula is C48H29N3S. The average Bonchev–Trinajstić information content (AvgIpc) is 3.75. The molecule has 0 aliphatic heterocycles. The van der Waals surface area contributed by atoms with Crippen molar-refractivity contribution in [3.05, 3.63) is 157 Å². The molecule has 52 heavy (non-hydrogen) atoms. The van der Waals surface area contributed by atoms with Gasteiger partial charge in [0, 0.05) is 37.2 Å². The highest BCUT2D eigenvalue weighted by atomic mass is 32.1. The third kappa shape index (κ3) is 3.90. The van der Waals surface area contributed by atoms with Gasteiger partial charge in [0.05, 0.1) is 26.8 Å². The number of para-hydroxylation sites is 1. The maximum Gasteiger partial charge on any atom is 0.165 e. The minimum atomic E-state index is 0.856. The van der Waals surface area contributed by atoms with E-state index in [9.17, 15) is 0 Å². The monoisotopic (exact) mass is 679 g/mol. The molecule has 0 saturated carbocycles. The number of nitrogens with zero attached hydrogens (tertiary/aromatic N) is 3. The number of benzene rings is 8. The Hall–Kier alpha value is -6.36. The number of thiophene rings is 1. The Kier molecular flexibility index (Phi) is 5.77. The van der Waals surface area contributed by atoms with Crippen molar-refractivity contribution in [1.29, 1.82) is 0 Å². The van der Waals surface area contributed by atoms with Gasteiger partial charge in [-0.15, -0.1) is 11.3 Å². The summed E-state index contributed by atoms with van der Waals surface area (Å²) >= 11 is 1.92. The van der Waals surface area contributed by atoms with Gasteiger partial charge in [0.25, 0.3) is 0 Å². The van der Waals surface area contributed by atoms with Gasteiger partial charge in [-0.1, -0.05) is 121 Å². The van der Waals surface area contributed by atoms with Crippen molar-refractivity contribution in [3.8, 4) is 17.1 Å². The Morgan fingerprint density at radius 3 is 2.15 bits per heavy atom. The standard InChI is InChI=1S/C48H29N3S/c1-2-13-30-25-33(22-21-28(30)11-1)44-48(50-45-34-16-6-5-12-29(34)23-24-39(45)49-44)51-40-20-10-9-19-37(40)42-35-17-7-8-18-36(35)43-38-26-31-14-3-4-15-32(31)27-41(38)52-47(43)46(42)51/h1-7,9-17,19-27H,8,18H2. The number of aromatic nitrogens is 3. The topological polar surface area (TPSA) is 30.7 Å². The van der Waals surface area contributed by atoms with Gasteiger partial charge in [0.2, 0.25) is 0 Å². The maximum atomic E-state index is 5.71. The molecule has 0 unspecified atom stereocenters. The van der Waals surface area contributed by atoms with Crippen molar-refractivity contribution < 1.29 is 0 Å². The lowest BCUT2D eigenvalue weighted by Crippen LogP contribution is -2.05. The van der Waals surface area contributed by atoms with Crippen LogP contribution in [-0.2, 0) is 6.42 Å². The molecule has 1 aliphatic carbocycles. The van der Waals surface area contributed by atoms with E-state index in [0.29, 0.717) is 0 Å². The number of allylic oxidation sites excluding steroid dienone is 1. The average molecular weight is 680 g/mol. The first kappa shape index (κ1) is 28.3. The number of fused-ring (bicyclic) bond motifs is 15. The highest BCUT2D eigenvalue weighted by Crippen LogP contribution is 2.49. The number of rotatable bonds is 2. The van der Waals surface area contributed by atoms with Gasteiger partial charge in [-0.25, -0.2) is 9.97 Å². The summed E-state index contributed by atoms with van der Waals surface area (Å²) < 4.78 is 5.08. The molecule has 11 aromatic rings. The normalized spacial score (nSPS) is 13.2. The molecule has 3 heterocycles. The summed E-state index contributed by atoms with van der Waals surface area (Å²) in [5.74, 6) is 0.856. The van der Waals surface area contributed by atoms with Crippen LogP contribution in [0.1, 0.15) is 17.5 Å². The number of hydrogen-bond acceptors (Lipinski definition) is 3. The van der Waals surface area contributed by atoms with Crippen LogP contribution in [0.2, 0.25) is 0 Å². The van der Waals surface area contributed by atoms with E-state index in [0.717, 1.165) is 57.2 Å². The highest BCUT2D eigenvalue weighted by Gasteiger charge is 2.27. The quantitative estimate of drug-likeness (QED) is 0.170. The van der Waals surface area contributed by atoms with Crippen LogP contribution in [0, 0.1) is 0 Å². The maximum absolute atomic E-state index is 5.71. The minimum absolute atomic E-state index is 0.856. The lowest BCUT2D eigenvalue weighted by molar-refractivity contribution is 1.00. The largest absolute Gasteiger partial charge is 0.290 e. The van der Waals surface area contributed by atoms with Crippen LogP contribution in [0.15, 0.2) is 146 Å². The lowest BCUT2D eigenvalue weighted by atomic mass is 9.89. The minimum Gasteiger partial charge on any atom is -0.290 e. The second-order valence-corrected chi connectivity index (χ2v) is 15.1. The Bertz CT molecular complexity index is 3360. The van der Waals surface area contributed by atoms with Crippen LogP contribution in [0.5, 0.6) is 0 Å². The van der Waals surface area contributed by atoms with Crippen molar-refractivity contribution in [2.24, 2.45) is 0 Å².